The predicted molar refractivity (Wildman–Crippen MR) is 239 cm³/mol. The van der Waals surface area contributed by atoms with Gasteiger partial charge in [-0.25, -0.2) is 9.97 Å². The van der Waals surface area contributed by atoms with Gasteiger partial charge in [0, 0.05) is 32.9 Å². The molecule has 1 aliphatic rings. The van der Waals surface area contributed by atoms with Crippen LogP contribution in [0.4, 0.5) is 0 Å². The Hall–Kier alpha value is -7.36. The first-order valence-corrected chi connectivity index (χ1v) is 19.9. The van der Waals surface area contributed by atoms with Crippen LogP contribution < -0.4 is 0 Å². The monoisotopic (exact) mass is 742 g/mol. The second kappa shape index (κ2) is 13.4. The minimum Gasteiger partial charge on any atom is -0.456 e. The molecule has 3 heteroatoms. The number of para-hydroxylation sites is 1. The fourth-order valence-electron chi connectivity index (χ4n) is 8.82. The van der Waals surface area contributed by atoms with Gasteiger partial charge in [-0.1, -0.05) is 159 Å². The fourth-order valence-corrected chi connectivity index (χ4v) is 8.82. The second-order valence-electron chi connectivity index (χ2n) is 15.8. The van der Waals surface area contributed by atoms with Gasteiger partial charge in [-0.3, -0.25) is 0 Å². The molecule has 8 aromatic carbocycles. The predicted octanol–water partition coefficient (Wildman–Crippen LogP) is 14.7. The molecule has 10 aromatic rings. The Bertz CT molecular complexity index is 3120. The minimum atomic E-state index is -0.0494. The summed E-state index contributed by atoms with van der Waals surface area (Å²) < 4.78 is 6.22. The molecule has 2 aromatic heterocycles. The van der Waals surface area contributed by atoms with Crippen molar-refractivity contribution in [3.63, 3.8) is 0 Å². The maximum absolute atomic E-state index is 6.22. The van der Waals surface area contributed by atoms with E-state index in [0.717, 1.165) is 72.3 Å². The molecular formula is C55H38N2O. The van der Waals surface area contributed by atoms with Gasteiger partial charge < -0.3 is 4.42 Å². The Morgan fingerprint density at radius 1 is 0.345 bits per heavy atom. The zero-order valence-electron chi connectivity index (χ0n) is 32.3. The van der Waals surface area contributed by atoms with Crippen LogP contribution in [-0.4, -0.2) is 9.97 Å². The zero-order chi connectivity index (χ0) is 38.8. The molecule has 0 N–H and O–H groups in total. The van der Waals surface area contributed by atoms with E-state index in [-0.39, 0.29) is 5.41 Å². The van der Waals surface area contributed by atoms with E-state index < -0.39 is 0 Å². The highest BCUT2D eigenvalue weighted by Gasteiger charge is 2.35. The first-order valence-electron chi connectivity index (χ1n) is 19.9. The number of hydrogen-bond acceptors (Lipinski definition) is 3. The van der Waals surface area contributed by atoms with Gasteiger partial charge in [-0.15, -0.1) is 0 Å². The van der Waals surface area contributed by atoms with Crippen molar-refractivity contribution in [3.05, 3.63) is 205 Å². The summed E-state index contributed by atoms with van der Waals surface area (Å²) in [4.78, 5) is 10.3. The Kier molecular flexibility index (Phi) is 7.84. The summed E-state index contributed by atoms with van der Waals surface area (Å²) in [6.07, 6.45) is 0. The third-order valence-corrected chi connectivity index (χ3v) is 11.9. The number of benzene rings is 8. The number of nitrogens with zero attached hydrogens (tertiary/aromatic N) is 2. The van der Waals surface area contributed by atoms with Crippen LogP contribution in [0, 0.1) is 0 Å². The lowest BCUT2D eigenvalue weighted by Crippen LogP contribution is -2.14. The molecule has 0 bridgehead atoms. The van der Waals surface area contributed by atoms with E-state index >= 15 is 0 Å². The summed E-state index contributed by atoms with van der Waals surface area (Å²) in [5, 5.41) is 2.21. The van der Waals surface area contributed by atoms with Gasteiger partial charge in [0.05, 0.1) is 11.4 Å². The Morgan fingerprint density at radius 3 is 1.66 bits per heavy atom. The maximum atomic E-state index is 6.22. The van der Waals surface area contributed by atoms with Crippen LogP contribution in [0.3, 0.4) is 0 Å². The number of fused-ring (bicyclic) bond motifs is 6. The van der Waals surface area contributed by atoms with Crippen molar-refractivity contribution in [2.45, 2.75) is 19.3 Å². The molecule has 0 unspecified atom stereocenters. The molecule has 0 aliphatic heterocycles. The minimum absolute atomic E-state index is 0.0494. The van der Waals surface area contributed by atoms with Gasteiger partial charge in [-0.2, -0.15) is 0 Å². The molecule has 0 atom stereocenters. The summed E-state index contributed by atoms with van der Waals surface area (Å²) in [6, 6.07) is 69.1. The lowest BCUT2D eigenvalue weighted by Gasteiger charge is -2.22. The highest BCUT2D eigenvalue weighted by Crippen LogP contribution is 2.49. The van der Waals surface area contributed by atoms with E-state index in [2.05, 4.69) is 172 Å². The normalized spacial score (nSPS) is 12.8. The van der Waals surface area contributed by atoms with E-state index in [1.165, 1.54) is 33.4 Å². The van der Waals surface area contributed by atoms with E-state index in [1.807, 2.05) is 36.4 Å². The average Bonchev–Trinajstić information content (AvgIpc) is 3.77. The molecular weight excluding hydrogens is 705 g/mol. The summed E-state index contributed by atoms with van der Waals surface area (Å²) in [6.45, 7) is 4.68. The third-order valence-electron chi connectivity index (χ3n) is 11.9. The molecule has 0 amide bonds. The number of hydrogen-bond donors (Lipinski definition) is 0. The first kappa shape index (κ1) is 33.9. The zero-order valence-corrected chi connectivity index (χ0v) is 32.3. The summed E-state index contributed by atoms with van der Waals surface area (Å²) >= 11 is 0. The van der Waals surface area contributed by atoms with Crippen molar-refractivity contribution < 1.29 is 4.42 Å². The van der Waals surface area contributed by atoms with Crippen LogP contribution >= 0.6 is 0 Å². The van der Waals surface area contributed by atoms with Gasteiger partial charge in [0.25, 0.3) is 0 Å². The summed E-state index contributed by atoms with van der Waals surface area (Å²) in [7, 11) is 0. The third kappa shape index (κ3) is 5.74. The van der Waals surface area contributed by atoms with Gasteiger partial charge in [-0.05, 0) is 104 Å². The number of furan rings is 1. The molecule has 0 saturated carbocycles. The smallest absolute Gasteiger partial charge is 0.160 e. The van der Waals surface area contributed by atoms with Crippen molar-refractivity contribution >= 4 is 21.9 Å². The van der Waals surface area contributed by atoms with Crippen LogP contribution in [0.2, 0.25) is 0 Å². The molecule has 11 rings (SSSR count). The topological polar surface area (TPSA) is 38.9 Å². The van der Waals surface area contributed by atoms with Crippen molar-refractivity contribution in [3.8, 4) is 78.4 Å². The molecule has 0 fully saturated rings. The van der Waals surface area contributed by atoms with E-state index in [4.69, 9.17) is 14.4 Å². The Morgan fingerprint density at radius 2 is 0.879 bits per heavy atom. The maximum Gasteiger partial charge on any atom is 0.160 e. The molecule has 2 heterocycles. The fraction of sp³-hybridized carbons (Fsp3) is 0.0545. The van der Waals surface area contributed by atoms with Crippen LogP contribution in [0.5, 0.6) is 0 Å². The highest BCUT2D eigenvalue weighted by atomic mass is 16.3. The first-order chi connectivity index (χ1) is 28.5. The van der Waals surface area contributed by atoms with E-state index in [9.17, 15) is 0 Å². The van der Waals surface area contributed by atoms with Gasteiger partial charge >= 0.3 is 0 Å². The van der Waals surface area contributed by atoms with Crippen LogP contribution in [-0.2, 0) is 5.41 Å². The van der Waals surface area contributed by atoms with Crippen LogP contribution in [0.15, 0.2) is 199 Å². The van der Waals surface area contributed by atoms with E-state index in [0.29, 0.717) is 5.82 Å². The van der Waals surface area contributed by atoms with Gasteiger partial charge in [0.2, 0.25) is 0 Å². The van der Waals surface area contributed by atoms with Gasteiger partial charge in [0.15, 0.2) is 5.82 Å². The Labute approximate surface area is 338 Å². The van der Waals surface area contributed by atoms with Crippen LogP contribution in [0.1, 0.15) is 25.0 Å². The highest BCUT2D eigenvalue weighted by molar-refractivity contribution is 6.06. The Balaban J connectivity index is 1.05. The molecule has 58 heavy (non-hydrogen) atoms. The van der Waals surface area contributed by atoms with Crippen LogP contribution in [0.25, 0.3) is 100 Å². The average molecular weight is 743 g/mol. The van der Waals surface area contributed by atoms with Gasteiger partial charge in [0.1, 0.15) is 11.2 Å². The molecule has 0 radical (unpaired) electrons. The largest absolute Gasteiger partial charge is 0.456 e. The number of aromatic nitrogens is 2. The molecule has 3 nitrogen and oxygen atoms in total. The molecule has 274 valence electrons. The van der Waals surface area contributed by atoms with Crippen molar-refractivity contribution in [1.29, 1.82) is 0 Å². The lowest BCUT2D eigenvalue weighted by atomic mass is 9.81. The summed E-state index contributed by atoms with van der Waals surface area (Å²) in [5.74, 6) is 0.695. The molecule has 1 aliphatic carbocycles. The number of rotatable bonds is 6. The van der Waals surface area contributed by atoms with Crippen molar-refractivity contribution in [2.24, 2.45) is 0 Å². The summed E-state index contributed by atoms with van der Waals surface area (Å²) in [5.41, 5.74) is 18.9. The van der Waals surface area contributed by atoms with E-state index in [1.54, 1.807) is 0 Å². The standard InChI is InChI=1S/C55H38N2O/c1-55(2)48-19-11-9-17-44(48)45-27-25-40(33-49(45)55)35-21-23-36(24-22-35)41-29-42(39-26-28-53-47(32-39)46-18-10-12-20-52(46)58-53)31-43(30-41)51-34-50(37-13-5-3-6-14-37)56-54(57-51)38-15-7-4-8-16-38/h3-34H,1-2H3. The van der Waals surface area contributed by atoms with Crippen molar-refractivity contribution in [1.82, 2.24) is 9.97 Å². The van der Waals surface area contributed by atoms with Crippen molar-refractivity contribution in [2.75, 3.05) is 0 Å². The molecule has 0 spiro atoms. The molecule has 0 saturated heterocycles. The SMILES string of the molecule is CC1(C)c2ccccc2-c2ccc(-c3ccc(-c4cc(-c5ccc6oc7ccccc7c6c5)cc(-c5cc(-c6ccccc6)nc(-c6ccccc6)n5)c4)cc3)cc21. The second-order valence-corrected chi connectivity index (χ2v) is 15.8. The quantitative estimate of drug-likeness (QED) is 0.170. The lowest BCUT2D eigenvalue weighted by molar-refractivity contribution is 0.660.